The lowest BCUT2D eigenvalue weighted by atomic mass is 9.66. The number of ether oxygens (including phenoxy) is 2. The van der Waals surface area contributed by atoms with Gasteiger partial charge in [-0.25, -0.2) is 0 Å². The van der Waals surface area contributed by atoms with E-state index in [1.165, 1.54) is 12.8 Å². The first-order valence-corrected chi connectivity index (χ1v) is 9.91. The van der Waals surface area contributed by atoms with Crippen molar-refractivity contribution < 1.29 is 14.3 Å². The zero-order valence-corrected chi connectivity index (χ0v) is 14.8. The average Bonchev–Trinajstić information content (AvgIpc) is 3.27. The molecule has 2 saturated heterocycles. The number of allylic oxidation sites excluding steroid dienone is 1. The quantitative estimate of drug-likeness (QED) is 0.776. The Hall–Kier alpha value is -0.870. The zero-order valence-electron chi connectivity index (χ0n) is 14.8. The molecular weight excluding hydrogens is 302 g/mol. The van der Waals surface area contributed by atoms with E-state index in [4.69, 9.17) is 9.47 Å². The summed E-state index contributed by atoms with van der Waals surface area (Å²) in [6.45, 7) is 5.31. The summed E-state index contributed by atoms with van der Waals surface area (Å²) in [7, 11) is 0. The van der Waals surface area contributed by atoms with E-state index in [9.17, 15) is 4.79 Å². The van der Waals surface area contributed by atoms with E-state index in [0.29, 0.717) is 17.2 Å². The Morgan fingerprint density at radius 2 is 2.08 bits per heavy atom. The van der Waals surface area contributed by atoms with Crippen molar-refractivity contribution in [1.29, 1.82) is 0 Å². The van der Waals surface area contributed by atoms with Crippen LogP contribution in [-0.2, 0) is 14.3 Å². The zero-order chi connectivity index (χ0) is 16.4. The minimum atomic E-state index is 0.302. The Morgan fingerprint density at radius 1 is 1.25 bits per heavy atom. The van der Waals surface area contributed by atoms with Crippen LogP contribution in [0.25, 0.3) is 0 Å². The van der Waals surface area contributed by atoms with Gasteiger partial charge in [-0.3, -0.25) is 4.79 Å². The van der Waals surface area contributed by atoms with Crippen molar-refractivity contribution >= 4 is 5.91 Å². The van der Waals surface area contributed by atoms with Gasteiger partial charge in [-0.1, -0.05) is 6.08 Å². The van der Waals surface area contributed by atoms with Crippen molar-refractivity contribution in [1.82, 2.24) is 4.90 Å². The van der Waals surface area contributed by atoms with E-state index >= 15 is 0 Å². The lowest BCUT2D eigenvalue weighted by Gasteiger charge is -2.49. The van der Waals surface area contributed by atoms with Crippen LogP contribution >= 0.6 is 0 Å². The van der Waals surface area contributed by atoms with Crippen molar-refractivity contribution in [2.24, 2.45) is 17.3 Å². The molecule has 1 saturated carbocycles. The third kappa shape index (κ3) is 3.55. The van der Waals surface area contributed by atoms with Gasteiger partial charge in [0.25, 0.3) is 0 Å². The van der Waals surface area contributed by atoms with Crippen LogP contribution in [0.4, 0.5) is 0 Å². The van der Waals surface area contributed by atoms with Crippen LogP contribution < -0.4 is 0 Å². The largest absolute Gasteiger partial charge is 0.381 e. The Balaban J connectivity index is 1.33. The molecule has 1 atom stereocenters. The number of piperidine rings is 1. The predicted octanol–water partition coefficient (Wildman–Crippen LogP) is 3.17. The second kappa shape index (κ2) is 7.17. The standard InChI is InChI=1S/C20H31NO3/c22-19(17-3-1-2-4-17)21-10-7-20(8-11-21)9-12-23-14-18(20)15-24-13-16-5-6-16/h3,16,18H,1-2,4-15H2/t18-/m1/s1. The number of hydrogen-bond donors (Lipinski definition) is 0. The fraction of sp³-hybridized carbons (Fsp3) is 0.850. The fourth-order valence-electron chi connectivity index (χ4n) is 4.65. The summed E-state index contributed by atoms with van der Waals surface area (Å²) in [4.78, 5) is 14.7. The highest BCUT2D eigenvalue weighted by molar-refractivity contribution is 5.93. The van der Waals surface area contributed by atoms with Crippen molar-refractivity contribution in [3.05, 3.63) is 11.6 Å². The summed E-state index contributed by atoms with van der Waals surface area (Å²) < 4.78 is 11.8. The third-order valence-corrected chi connectivity index (χ3v) is 6.66. The molecule has 1 spiro atoms. The van der Waals surface area contributed by atoms with Crippen LogP contribution in [0.2, 0.25) is 0 Å². The molecule has 24 heavy (non-hydrogen) atoms. The SMILES string of the molecule is O=C(C1=CCCC1)N1CCC2(CCOC[C@@H]2COCC2CC2)CC1. The topological polar surface area (TPSA) is 38.8 Å². The minimum Gasteiger partial charge on any atom is -0.381 e. The first-order chi connectivity index (χ1) is 11.8. The smallest absolute Gasteiger partial charge is 0.249 e. The predicted molar refractivity (Wildman–Crippen MR) is 92.7 cm³/mol. The van der Waals surface area contributed by atoms with E-state index in [0.717, 1.165) is 89.5 Å². The van der Waals surface area contributed by atoms with Gasteiger partial charge in [0.2, 0.25) is 5.91 Å². The molecule has 0 aromatic rings. The first kappa shape index (κ1) is 16.6. The summed E-state index contributed by atoms with van der Waals surface area (Å²) in [6, 6.07) is 0. The van der Waals surface area contributed by atoms with Crippen LogP contribution in [0.5, 0.6) is 0 Å². The summed E-state index contributed by atoms with van der Waals surface area (Å²) in [6.07, 6.45) is 11.4. The summed E-state index contributed by atoms with van der Waals surface area (Å²) in [5, 5.41) is 0. The van der Waals surface area contributed by atoms with E-state index in [1.54, 1.807) is 0 Å². The van der Waals surface area contributed by atoms with Gasteiger partial charge >= 0.3 is 0 Å². The fourth-order valence-corrected chi connectivity index (χ4v) is 4.65. The van der Waals surface area contributed by atoms with Gasteiger partial charge in [0.05, 0.1) is 13.2 Å². The van der Waals surface area contributed by atoms with Gasteiger partial charge in [-0.05, 0) is 62.7 Å². The van der Waals surface area contributed by atoms with Crippen LogP contribution in [0, 0.1) is 17.3 Å². The monoisotopic (exact) mass is 333 g/mol. The van der Waals surface area contributed by atoms with Crippen molar-refractivity contribution in [3.8, 4) is 0 Å². The maximum absolute atomic E-state index is 12.6. The number of nitrogens with zero attached hydrogens (tertiary/aromatic N) is 1. The third-order valence-electron chi connectivity index (χ3n) is 6.66. The molecule has 0 aromatic carbocycles. The first-order valence-electron chi connectivity index (χ1n) is 9.91. The highest BCUT2D eigenvalue weighted by atomic mass is 16.5. The molecule has 2 heterocycles. The van der Waals surface area contributed by atoms with E-state index in [-0.39, 0.29) is 0 Å². The normalized spacial score (nSPS) is 29.8. The van der Waals surface area contributed by atoms with Gasteiger partial charge < -0.3 is 14.4 Å². The summed E-state index contributed by atoms with van der Waals surface area (Å²) in [5.74, 6) is 1.63. The molecular formula is C20H31NO3. The Bertz CT molecular complexity index is 489. The minimum absolute atomic E-state index is 0.302. The number of hydrogen-bond acceptors (Lipinski definition) is 3. The van der Waals surface area contributed by atoms with Crippen molar-refractivity contribution in [3.63, 3.8) is 0 Å². The highest BCUT2D eigenvalue weighted by Gasteiger charge is 2.44. The van der Waals surface area contributed by atoms with Gasteiger partial charge in [-0.15, -0.1) is 0 Å². The number of rotatable bonds is 5. The number of carbonyl (C=O) groups excluding carboxylic acids is 1. The molecule has 4 heteroatoms. The van der Waals surface area contributed by atoms with Crippen molar-refractivity contribution in [2.45, 2.75) is 51.4 Å². The molecule has 4 rings (SSSR count). The van der Waals surface area contributed by atoms with Crippen LogP contribution in [0.1, 0.15) is 51.4 Å². The molecule has 0 N–H and O–H groups in total. The molecule has 2 aliphatic carbocycles. The van der Waals surface area contributed by atoms with E-state index in [2.05, 4.69) is 11.0 Å². The van der Waals surface area contributed by atoms with Gasteiger partial charge in [-0.2, -0.15) is 0 Å². The Labute approximate surface area is 145 Å². The van der Waals surface area contributed by atoms with Crippen LogP contribution in [-0.4, -0.2) is 50.3 Å². The van der Waals surface area contributed by atoms with Crippen LogP contribution in [0.3, 0.4) is 0 Å². The average molecular weight is 333 g/mol. The highest BCUT2D eigenvalue weighted by Crippen LogP contribution is 2.45. The number of likely N-dealkylation sites (tertiary alicyclic amines) is 1. The van der Waals surface area contributed by atoms with Gasteiger partial charge in [0.1, 0.15) is 0 Å². The molecule has 134 valence electrons. The molecule has 1 amide bonds. The number of amides is 1. The van der Waals surface area contributed by atoms with Gasteiger partial charge in [0, 0.05) is 37.8 Å². The van der Waals surface area contributed by atoms with Crippen molar-refractivity contribution in [2.75, 3.05) is 39.5 Å². The Kier molecular flexibility index (Phi) is 4.95. The lowest BCUT2D eigenvalue weighted by Crippen LogP contribution is -2.50. The Morgan fingerprint density at radius 3 is 2.79 bits per heavy atom. The molecule has 3 fully saturated rings. The molecule has 2 aliphatic heterocycles. The van der Waals surface area contributed by atoms with Gasteiger partial charge in [0.15, 0.2) is 0 Å². The molecule has 0 radical (unpaired) electrons. The second-order valence-electron chi connectivity index (χ2n) is 8.28. The molecule has 4 nitrogen and oxygen atoms in total. The maximum Gasteiger partial charge on any atom is 0.249 e. The maximum atomic E-state index is 12.6. The second-order valence-corrected chi connectivity index (χ2v) is 8.28. The summed E-state index contributed by atoms with van der Waals surface area (Å²) >= 11 is 0. The van der Waals surface area contributed by atoms with E-state index in [1.807, 2.05) is 0 Å². The molecule has 0 aromatic heterocycles. The molecule has 4 aliphatic rings. The molecule has 0 unspecified atom stereocenters. The lowest BCUT2D eigenvalue weighted by molar-refractivity contribution is -0.135. The van der Waals surface area contributed by atoms with Crippen LogP contribution in [0.15, 0.2) is 11.6 Å². The molecule has 0 bridgehead atoms. The van der Waals surface area contributed by atoms with E-state index < -0.39 is 0 Å². The summed E-state index contributed by atoms with van der Waals surface area (Å²) in [5.41, 5.74) is 1.39. The number of carbonyl (C=O) groups is 1.